The molecule has 2 N–H and O–H groups in total. The van der Waals surface area contributed by atoms with E-state index in [2.05, 4.69) is 15.0 Å². The predicted molar refractivity (Wildman–Crippen MR) is 116 cm³/mol. The highest BCUT2D eigenvalue weighted by atomic mass is 35.5. The fourth-order valence-corrected chi connectivity index (χ4v) is 3.72. The van der Waals surface area contributed by atoms with E-state index in [4.69, 9.17) is 16.3 Å². The average molecular weight is 446 g/mol. The third kappa shape index (κ3) is 5.49. The van der Waals surface area contributed by atoms with E-state index in [0.29, 0.717) is 16.5 Å². The molecule has 1 aromatic heterocycles. The minimum atomic E-state index is -3.80. The fourth-order valence-electron chi connectivity index (χ4n) is 2.55. The summed E-state index contributed by atoms with van der Waals surface area (Å²) in [4.78, 5) is 16.6. The molecule has 0 fully saturated rings. The van der Waals surface area contributed by atoms with Crippen molar-refractivity contribution in [2.75, 3.05) is 4.72 Å². The molecule has 30 heavy (non-hydrogen) atoms. The van der Waals surface area contributed by atoms with E-state index in [9.17, 15) is 13.2 Å². The summed E-state index contributed by atoms with van der Waals surface area (Å²) in [6.07, 6.45) is 1.51. The molecule has 0 unspecified atom stereocenters. The van der Waals surface area contributed by atoms with Gasteiger partial charge in [0.2, 0.25) is 5.88 Å². The first-order chi connectivity index (χ1) is 14.2. The third-order valence-electron chi connectivity index (χ3n) is 3.86. The molecular weight excluding hydrogens is 426 g/mol. The van der Waals surface area contributed by atoms with Crippen molar-refractivity contribution in [2.45, 2.75) is 24.8 Å². The van der Waals surface area contributed by atoms with Gasteiger partial charge < -0.3 is 10.1 Å². The van der Waals surface area contributed by atoms with Gasteiger partial charge in [0.25, 0.3) is 15.9 Å². The molecule has 0 saturated heterocycles. The Morgan fingerprint density at radius 2 is 1.80 bits per heavy atom. The molecule has 0 aliphatic carbocycles. The van der Waals surface area contributed by atoms with E-state index >= 15 is 0 Å². The van der Waals surface area contributed by atoms with Crippen molar-refractivity contribution in [1.29, 1.82) is 0 Å². The number of anilines is 1. The van der Waals surface area contributed by atoms with Crippen LogP contribution in [0.25, 0.3) is 0 Å². The second-order valence-corrected chi connectivity index (χ2v) is 8.79. The lowest BCUT2D eigenvalue weighted by molar-refractivity contribution is 0.0940. The van der Waals surface area contributed by atoms with Crippen LogP contribution in [0.5, 0.6) is 11.6 Å². The number of pyridine rings is 1. The summed E-state index contributed by atoms with van der Waals surface area (Å²) in [5, 5.41) is 3.23. The molecule has 0 radical (unpaired) electrons. The lowest BCUT2D eigenvalue weighted by Crippen LogP contribution is -2.30. The number of sulfonamides is 1. The Labute approximate surface area is 180 Å². The fraction of sp³-hybridized carbons (Fsp3) is 0.143. The highest BCUT2D eigenvalue weighted by Crippen LogP contribution is 2.27. The number of rotatable bonds is 7. The Morgan fingerprint density at radius 1 is 1.07 bits per heavy atom. The lowest BCUT2D eigenvalue weighted by atomic mass is 10.2. The maximum atomic E-state index is 12.6. The number of carbonyl (C=O) groups is 1. The van der Waals surface area contributed by atoms with Gasteiger partial charge in [0.05, 0.1) is 10.6 Å². The van der Waals surface area contributed by atoms with Crippen molar-refractivity contribution >= 4 is 33.2 Å². The molecule has 0 saturated carbocycles. The summed E-state index contributed by atoms with van der Waals surface area (Å²) in [6, 6.07) is 15.4. The van der Waals surface area contributed by atoms with Crippen molar-refractivity contribution in [3.63, 3.8) is 0 Å². The number of hydrogen-bond acceptors (Lipinski definition) is 5. The Balaban J connectivity index is 1.82. The highest BCUT2D eigenvalue weighted by Gasteiger charge is 2.17. The number of hydrogen-bond donors (Lipinski definition) is 2. The summed E-state index contributed by atoms with van der Waals surface area (Å²) >= 11 is 5.82. The molecular formula is C21H20ClN3O4S. The summed E-state index contributed by atoms with van der Waals surface area (Å²) in [5.41, 5.74) is 0.574. The minimum Gasteiger partial charge on any atom is -0.438 e. The molecule has 0 atom stereocenters. The molecule has 1 heterocycles. The number of nitrogens with zero attached hydrogens (tertiary/aromatic N) is 1. The molecule has 9 heteroatoms. The first kappa shape index (κ1) is 21.6. The third-order valence-corrected chi connectivity index (χ3v) is 5.51. The van der Waals surface area contributed by atoms with E-state index in [0.717, 1.165) is 0 Å². The van der Waals surface area contributed by atoms with Crippen LogP contribution < -0.4 is 14.8 Å². The number of nitrogens with one attached hydrogen (secondary N) is 2. The van der Waals surface area contributed by atoms with E-state index in [1.165, 1.54) is 36.5 Å². The Hall–Kier alpha value is -3.10. The topological polar surface area (TPSA) is 97.4 Å². The van der Waals surface area contributed by atoms with E-state index in [1.807, 2.05) is 13.8 Å². The normalized spacial score (nSPS) is 11.2. The van der Waals surface area contributed by atoms with Gasteiger partial charge in [0.1, 0.15) is 11.3 Å². The van der Waals surface area contributed by atoms with Crippen LogP contribution in [0.2, 0.25) is 5.02 Å². The van der Waals surface area contributed by atoms with Crippen molar-refractivity contribution in [2.24, 2.45) is 0 Å². The smallest absolute Gasteiger partial charge is 0.261 e. The van der Waals surface area contributed by atoms with Crippen LogP contribution in [0.4, 0.5) is 5.69 Å². The average Bonchev–Trinajstić information content (AvgIpc) is 2.68. The minimum absolute atomic E-state index is 0.0452. The number of benzene rings is 2. The molecule has 7 nitrogen and oxygen atoms in total. The number of aromatic nitrogens is 1. The van der Waals surface area contributed by atoms with Crippen LogP contribution in [0, 0.1) is 0 Å². The molecule has 0 aliphatic heterocycles. The van der Waals surface area contributed by atoms with E-state index in [-0.39, 0.29) is 28.3 Å². The SMILES string of the molecule is CC(C)NC(=O)c1cccnc1Oc1cccc(NS(=O)(=O)c2ccc(Cl)cc2)c1. The zero-order valence-corrected chi connectivity index (χ0v) is 17.9. The van der Waals surface area contributed by atoms with Crippen LogP contribution in [0.15, 0.2) is 71.8 Å². The number of amides is 1. The van der Waals surface area contributed by atoms with Gasteiger partial charge in [-0.1, -0.05) is 17.7 Å². The highest BCUT2D eigenvalue weighted by molar-refractivity contribution is 7.92. The zero-order valence-electron chi connectivity index (χ0n) is 16.3. The Bertz CT molecular complexity index is 1150. The number of ether oxygens (including phenoxy) is 1. The summed E-state index contributed by atoms with van der Waals surface area (Å²) in [7, 11) is -3.80. The monoisotopic (exact) mass is 445 g/mol. The standard InChI is InChI=1S/C21H20ClN3O4S/c1-14(2)24-20(26)19-7-4-12-23-21(19)29-17-6-3-5-16(13-17)25-30(27,28)18-10-8-15(22)9-11-18/h3-14,25H,1-2H3,(H,24,26). The molecule has 1 amide bonds. The van der Waals surface area contributed by atoms with Gasteiger partial charge in [-0.05, 0) is 62.4 Å². The van der Waals surface area contributed by atoms with Crippen molar-refractivity contribution in [1.82, 2.24) is 10.3 Å². The molecule has 3 aromatic rings. The Morgan fingerprint density at radius 3 is 2.50 bits per heavy atom. The number of halogens is 1. The molecule has 156 valence electrons. The first-order valence-electron chi connectivity index (χ1n) is 9.07. The number of carbonyl (C=O) groups excluding carboxylic acids is 1. The maximum Gasteiger partial charge on any atom is 0.261 e. The second-order valence-electron chi connectivity index (χ2n) is 6.67. The summed E-state index contributed by atoms with van der Waals surface area (Å²) in [5.74, 6) is 0.129. The van der Waals surface area contributed by atoms with Gasteiger partial charge in [-0.2, -0.15) is 0 Å². The van der Waals surface area contributed by atoms with Gasteiger partial charge in [-0.15, -0.1) is 0 Å². The van der Waals surface area contributed by atoms with Crippen LogP contribution in [0.1, 0.15) is 24.2 Å². The van der Waals surface area contributed by atoms with Gasteiger partial charge in [-0.3, -0.25) is 9.52 Å². The summed E-state index contributed by atoms with van der Waals surface area (Å²) in [6.45, 7) is 3.70. The lowest BCUT2D eigenvalue weighted by Gasteiger charge is -2.13. The predicted octanol–water partition coefficient (Wildman–Crippen LogP) is 4.47. The van der Waals surface area contributed by atoms with Crippen molar-refractivity contribution < 1.29 is 17.9 Å². The van der Waals surface area contributed by atoms with Crippen molar-refractivity contribution in [3.8, 4) is 11.6 Å². The molecule has 3 rings (SSSR count). The second kappa shape index (κ2) is 9.15. The molecule has 2 aromatic carbocycles. The van der Waals surface area contributed by atoms with E-state index in [1.54, 1.807) is 30.3 Å². The van der Waals surface area contributed by atoms with Gasteiger partial charge in [0.15, 0.2) is 0 Å². The summed E-state index contributed by atoms with van der Waals surface area (Å²) < 4.78 is 33.4. The van der Waals surface area contributed by atoms with Crippen molar-refractivity contribution in [3.05, 3.63) is 77.4 Å². The van der Waals surface area contributed by atoms with Gasteiger partial charge >= 0.3 is 0 Å². The van der Waals surface area contributed by atoms with Gasteiger partial charge in [-0.25, -0.2) is 13.4 Å². The zero-order chi connectivity index (χ0) is 21.7. The maximum absolute atomic E-state index is 12.6. The first-order valence-corrected chi connectivity index (χ1v) is 10.9. The molecule has 0 bridgehead atoms. The largest absolute Gasteiger partial charge is 0.438 e. The molecule has 0 spiro atoms. The Kier molecular flexibility index (Phi) is 6.59. The van der Waals surface area contributed by atoms with E-state index < -0.39 is 10.0 Å². The quantitative estimate of drug-likeness (QED) is 0.559. The van der Waals surface area contributed by atoms with Crippen LogP contribution in [0.3, 0.4) is 0 Å². The van der Waals surface area contributed by atoms with Gasteiger partial charge in [0, 0.05) is 23.3 Å². The molecule has 0 aliphatic rings. The van der Waals surface area contributed by atoms with Crippen LogP contribution in [-0.2, 0) is 10.0 Å². The van der Waals surface area contributed by atoms with Crippen LogP contribution >= 0.6 is 11.6 Å². The van der Waals surface area contributed by atoms with Crippen LogP contribution in [-0.4, -0.2) is 25.4 Å².